The Bertz CT molecular complexity index is 208. The smallest absolute Gasteiger partial charge is 0.0618 e. The average Bonchev–Trinajstić information content (AvgIpc) is 3.13. The number of hydrogen-bond acceptors (Lipinski definition) is 3. The summed E-state index contributed by atoms with van der Waals surface area (Å²) in [5.74, 6) is 0.898. The Morgan fingerprint density at radius 2 is 2.12 bits per heavy atom. The molecular formula is C13H25NOS. The molecule has 0 aromatic heterocycles. The van der Waals surface area contributed by atoms with Crippen LogP contribution in [0.5, 0.6) is 0 Å². The summed E-state index contributed by atoms with van der Waals surface area (Å²) in [6, 6.07) is 1.36. The highest BCUT2D eigenvalue weighted by Crippen LogP contribution is 2.34. The second-order valence-corrected chi connectivity index (χ2v) is 6.43. The molecule has 0 heterocycles. The average molecular weight is 243 g/mol. The number of ether oxygens (including phenoxy) is 1. The van der Waals surface area contributed by atoms with Crippen LogP contribution in [0.4, 0.5) is 0 Å². The molecule has 0 saturated heterocycles. The summed E-state index contributed by atoms with van der Waals surface area (Å²) in [5.41, 5.74) is 0. The van der Waals surface area contributed by atoms with Crippen molar-refractivity contribution in [2.75, 3.05) is 20.0 Å². The van der Waals surface area contributed by atoms with Gasteiger partial charge in [0.15, 0.2) is 0 Å². The van der Waals surface area contributed by atoms with Gasteiger partial charge in [0.05, 0.1) is 6.61 Å². The molecule has 2 rings (SSSR count). The van der Waals surface area contributed by atoms with Gasteiger partial charge in [0, 0.05) is 24.4 Å². The number of hydrogen-bond donors (Lipinski definition) is 1. The van der Waals surface area contributed by atoms with Gasteiger partial charge in [0.2, 0.25) is 0 Å². The maximum absolute atomic E-state index is 5.33. The van der Waals surface area contributed by atoms with Gasteiger partial charge in [-0.05, 0) is 44.3 Å². The molecule has 2 aliphatic carbocycles. The monoisotopic (exact) mass is 243 g/mol. The standard InChI is InChI=1S/C13H25NOS/c1-15-9-13(10-6-7-10)14-11-4-3-5-12(8-11)16-2/h10-14H,3-9H2,1-2H3. The lowest BCUT2D eigenvalue weighted by Gasteiger charge is -2.32. The van der Waals surface area contributed by atoms with E-state index in [0.29, 0.717) is 6.04 Å². The fourth-order valence-electron chi connectivity index (χ4n) is 2.81. The molecule has 94 valence electrons. The second-order valence-electron chi connectivity index (χ2n) is 5.29. The zero-order valence-corrected chi connectivity index (χ0v) is 11.4. The third kappa shape index (κ3) is 3.64. The molecule has 0 radical (unpaired) electrons. The number of rotatable bonds is 6. The van der Waals surface area contributed by atoms with E-state index < -0.39 is 0 Å². The first-order valence-corrected chi connectivity index (χ1v) is 7.90. The zero-order valence-electron chi connectivity index (χ0n) is 10.6. The number of methoxy groups -OCH3 is 1. The van der Waals surface area contributed by atoms with Crippen LogP contribution < -0.4 is 5.32 Å². The lowest BCUT2D eigenvalue weighted by atomic mass is 9.94. The second kappa shape index (κ2) is 6.27. The fourth-order valence-corrected chi connectivity index (χ4v) is 3.64. The Balaban J connectivity index is 1.77. The van der Waals surface area contributed by atoms with Gasteiger partial charge >= 0.3 is 0 Å². The molecular weight excluding hydrogens is 218 g/mol. The van der Waals surface area contributed by atoms with Crippen molar-refractivity contribution in [1.82, 2.24) is 5.32 Å². The molecule has 16 heavy (non-hydrogen) atoms. The molecule has 2 aliphatic rings. The highest BCUT2D eigenvalue weighted by atomic mass is 32.2. The molecule has 0 bridgehead atoms. The lowest BCUT2D eigenvalue weighted by Crippen LogP contribution is -2.45. The van der Waals surface area contributed by atoms with Crippen LogP contribution in [0.1, 0.15) is 38.5 Å². The van der Waals surface area contributed by atoms with Crippen molar-refractivity contribution < 1.29 is 4.74 Å². The molecule has 0 aliphatic heterocycles. The Hall–Kier alpha value is 0.270. The summed E-state index contributed by atoms with van der Waals surface area (Å²) in [6.07, 6.45) is 10.6. The minimum Gasteiger partial charge on any atom is -0.383 e. The van der Waals surface area contributed by atoms with Crippen molar-refractivity contribution in [2.45, 2.75) is 55.9 Å². The van der Waals surface area contributed by atoms with Crippen LogP contribution in [0.25, 0.3) is 0 Å². The maximum atomic E-state index is 5.33. The van der Waals surface area contributed by atoms with E-state index in [1.165, 1.54) is 38.5 Å². The molecule has 0 amide bonds. The SMILES string of the molecule is COCC(NC1CCCC(SC)C1)C1CC1. The van der Waals surface area contributed by atoms with Gasteiger partial charge in [-0.2, -0.15) is 11.8 Å². The van der Waals surface area contributed by atoms with Crippen molar-refractivity contribution in [1.29, 1.82) is 0 Å². The molecule has 2 nitrogen and oxygen atoms in total. The van der Waals surface area contributed by atoms with Gasteiger partial charge in [-0.15, -0.1) is 0 Å². The van der Waals surface area contributed by atoms with Crippen LogP contribution >= 0.6 is 11.8 Å². The van der Waals surface area contributed by atoms with Crippen molar-refractivity contribution in [2.24, 2.45) is 5.92 Å². The van der Waals surface area contributed by atoms with Crippen LogP contribution in [-0.4, -0.2) is 37.3 Å². The van der Waals surface area contributed by atoms with Crippen LogP contribution in [0, 0.1) is 5.92 Å². The van der Waals surface area contributed by atoms with E-state index in [1.807, 2.05) is 18.9 Å². The first-order valence-electron chi connectivity index (χ1n) is 6.61. The van der Waals surface area contributed by atoms with Crippen molar-refractivity contribution >= 4 is 11.8 Å². The Morgan fingerprint density at radius 3 is 2.75 bits per heavy atom. The van der Waals surface area contributed by atoms with E-state index in [-0.39, 0.29) is 0 Å². The number of nitrogens with one attached hydrogen (secondary N) is 1. The molecule has 1 N–H and O–H groups in total. The van der Waals surface area contributed by atoms with E-state index in [9.17, 15) is 0 Å². The maximum Gasteiger partial charge on any atom is 0.0618 e. The van der Waals surface area contributed by atoms with Crippen LogP contribution in [0.2, 0.25) is 0 Å². The predicted octanol–water partition coefficient (Wildman–Crippen LogP) is 2.68. The molecule has 0 aromatic carbocycles. The summed E-state index contributed by atoms with van der Waals surface area (Å²) in [7, 11) is 1.82. The van der Waals surface area contributed by atoms with Crippen molar-refractivity contribution in [3.05, 3.63) is 0 Å². The summed E-state index contributed by atoms with van der Waals surface area (Å²) in [6.45, 7) is 0.894. The summed E-state index contributed by atoms with van der Waals surface area (Å²) in [5, 5.41) is 4.73. The summed E-state index contributed by atoms with van der Waals surface area (Å²) < 4.78 is 5.33. The van der Waals surface area contributed by atoms with Gasteiger partial charge < -0.3 is 10.1 Å². The van der Waals surface area contributed by atoms with Gasteiger partial charge in [-0.1, -0.05) is 6.42 Å². The topological polar surface area (TPSA) is 21.3 Å². The normalized spacial score (nSPS) is 32.6. The minimum atomic E-state index is 0.621. The highest BCUT2D eigenvalue weighted by molar-refractivity contribution is 7.99. The molecule has 3 atom stereocenters. The molecule has 2 fully saturated rings. The first-order chi connectivity index (χ1) is 7.83. The predicted molar refractivity (Wildman–Crippen MR) is 71.1 cm³/mol. The lowest BCUT2D eigenvalue weighted by molar-refractivity contribution is 0.146. The Kier molecular flexibility index (Phi) is 4.98. The molecule has 3 heteroatoms. The fraction of sp³-hybridized carbons (Fsp3) is 1.00. The van der Waals surface area contributed by atoms with Gasteiger partial charge in [-0.3, -0.25) is 0 Å². The van der Waals surface area contributed by atoms with Gasteiger partial charge in [0.25, 0.3) is 0 Å². The van der Waals surface area contributed by atoms with Crippen LogP contribution in [0.3, 0.4) is 0 Å². The molecule has 2 saturated carbocycles. The quantitative estimate of drug-likeness (QED) is 0.775. The van der Waals surface area contributed by atoms with Crippen molar-refractivity contribution in [3.63, 3.8) is 0 Å². The van der Waals surface area contributed by atoms with Crippen LogP contribution in [-0.2, 0) is 4.74 Å². The third-order valence-corrected chi connectivity index (χ3v) is 5.04. The Morgan fingerprint density at radius 1 is 1.31 bits per heavy atom. The largest absolute Gasteiger partial charge is 0.383 e. The molecule has 3 unspecified atom stereocenters. The molecule has 0 spiro atoms. The highest BCUT2D eigenvalue weighted by Gasteiger charge is 2.33. The third-order valence-electron chi connectivity index (χ3n) is 3.95. The minimum absolute atomic E-state index is 0.621. The van der Waals surface area contributed by atoms with Gasteiger partial charge in [-0.25, -0.2) is 0 Å². The van der Waals surface area contributed by atoms with E-state index in [0.717, 1.165) is 23.8 Å². The van der Waals surface area contributed by atoms with Gasteiger partial charge in [0.1, 0.15) is 0 Å². The van der Waals surface area contributed by atoms with E-state index >= 15 is 0 Å². The van der Waals surface area contributed by atoms with Crippen molar-refractivity contribution in [3.8, 4) is 0 Å². The van der Waals surface area contributed by atoms with E-state index in [2.05, 4.69) is 11.6 Å². The summed E-state index contributed by atoms with van der Waals surface area (Å²) >= 11 is 2.04. The zero-order chi connectivity index (χ0) is 11.4. The van der Waals surface area contributed by atoms with E-state index in [1.54, 1.807) is 0 Å². The molecule has 0 aromatic rings. The van der Waals surface area contributed by atoms with Crippen LogP contribution in [0.15, 0.2) is 0 Å². The summed E-state index contributed by atoms with van der Waals surface area (Å²) in [4.78, 5) is 0. The number of thioether (sulfide) groups is 1. The Labute approximate surface area is 104 Å². The van der Waals surface area contributed by atoms with E-state index in [4.69, 9.17) is 4.74 Å². The first kappa shape index (κ1) is 12.7.